The van der Waals surface area contributed by atoms with E-state index in [9.17, 15) is 14.9 Å². The summed E-state index contributed by atoms with van der Waals surface area (Å²) in [5.41, 5.74) is 3.25. The fraction of sp³-hybridized carbons (Fsp3) is 0.120. The molecule has 0 spiro atoms. The van der Waals surface area contributed by atoms with Crippen molar-refractivity contribution in [2.45, 2.75) is 13.0 Å². The van der Waals surface area contributed by atoms with Gasteiger partial charge in [0, 0.05) is 22.7 Å². The molecule has 1 aromatic heterocycles. The number of esters is 1. The average Bonchev–Trinajstić information content (AvgIpc) is 3.22. The highest BCUT2D eigenvalue weighted by Gasteiger charge is 2.38. The number of non-ortho nitro benzene ring substituents is 1. The highest BCUT2D eigenvalue weighted by atomic mass is 35.5. The Morgan fingerprint density at radius 1 is 1.15 bits per heavy atom. The monoisotopic (exact) mass is 474 g/mol. The summed E-state index contributed by atoms with van der Waals surface area (Å²) in [6, 6.07) is 20.2. The van der Waals surface area contributed by atoms with Crippen LogP contribution in [0.25, 0.3) is 16.7 Å². The third kappa shape index (κ3) is 3.58. The zero-order valence-corrected chi connectivity index (χ0v) is 18.8. The Labute approximate surface area is 199 Å². The number of imidazole rings is 1. The van der Waals surface area contributed by atoms with Crippen LogP contribution in [0.3, 0.4) is 0 Å². The topological polar surface area (TPSA) is 99.3 Å². The number of nitro benzene ring substituents is 1. The van der Waals surface area contributed by atoms with Crippen LogP contribution in [0.5, 0.6) is 0 Å². The summed E-state index contributed by atoms with van der Waals surface area (Å²) in [6.07, 6.45) is 0. The van der Waals surface area contributed by atoms with Crippen LogP contribution in [0.1, 0.15) is 24.1 Å². The Morgan fingerprint density at radius 2 is 1.88 bits per heavy atom. The zero-order valence-electron chi connectivity index (χ0n) is 18.1. The molecule has 0 saturated carbocycles. The van der Waals surface area contributed by atoms with Gasteiger partial charge in [-0.15, -0.1) is 0 Å². The van der Waals surface area contributed by atoms with Gasteiger partial charge in [-0.1, -0.05) is 54.1 Å². The molecule has 1 atom stereocenters. The molecule has 0 radical (unpaired) electrons. The lowest BCUT2D eigenvalue weighted by atomic mass is 9.92. The molecule has 1 aliphatic heterocycles. The quantitative estimate of drug-likeness (QED) is 0.230. The molecule has 3 aromatic carbocycles. The Kier molecular flexibility index (Phi) is 5.51. The molecule has 1 unspecified atom stereocenters. The van der Waals surface area contributed by atoms with Crippen LogP contribution < -0.4 is 5.32 Å². The smallest absolute Gasteiger partial charge is 0.338 e. The van der Waals surface area contributed by atoms with E-state index in [1.807, 2.05) is 59.2 Å². The van der Waals surface area contributed by atoms with Crippen LogP contribution >= 0.6 is 11.6 Å². The number of hydrogen-bond acceptors (Lipinski definition) is 6. The summed E-state index contributed by atoms with van der Waals surface area (Å²) < 4.78 is 7.29. The molecule has 8 nitrogen and oxygen atoms in total. The summed E-state index contributed by atoms with van der Waals surface area (Å²) in [5, 5.41) is 15.2. The van der Waals surface area contributed by atoms with Crippen molar-refractivity contribution in [3.63, 3.8) is 0 Å². The third-order valence-corrected chi connectivity index (χ3v) is 6.02. The standard InChI is InChI=1S/C25H19ClN4O4/c1-2-34-24(31)21-22(15-8-4-3-5-9-15)28-25-27-19-10-6-7-11-20(19)29(25)23(21)17-14-16(30(32)33)12-13-18(17)26/h3-14,23H,2H2,1H3,(H,27,28). The van der Waals surface area contributed by atoms with Crippen molar-refractivity contribution < 1.29 is 14.5 Å². The largest absolute Gasteiger partial charge is 0.463 e. The van der Waals surface area contributed by atoms with Crippen molar-refractivity contribution in [3.05, 3.63) is 105 Å². The number of ether oxygens (including phenoxy) is 1. The van der Waals surface area contributed by atoms with Crippen LogP contribution in [0, 0.1) is 10.1 Å². The Morgan fingerprint density at radius 3 is 2.62 bits per heavy atom. The minimum Gasteiger partial charge on any atom is -0.463 e. The second kappa shape index (κ2) is 8.64. The maximum Gasteiger partial charge on any atom is 0.338 e. The SMILES string of the molecule is CCOC(=O)C1=C(c2ccccc2)Nc2nc3ccccc3n2C1c1cc([N+](=O)[O-])ccc1Cl. The van der Waals surface area contributed by atoms with E-state index in [1.54, 1.807) is 6.92 Å². The number of nitrogens with zero attached hydrogens (tertiary/aromatic N) is 3. The Bertz CT molecular complexity index is 1460. The van der Waals surface area contributed by atoms with Gasteiger partial charge in [0.05, 0.1) is 39.9 Å². The van der Waals surface area contributed by atoms with Crippen LogP contribution in [0.4, 0.5) is 11.6 Å². The van der Waals surface area contributed by atoms with Crippen LogP contribution in [-0.4, -0.2) is 27.1 Å². The van der Waals surface area contributed by atoms with Gasteiger partial charge in [-0.05, 0) is 30.7 Å². The molecule has 34 heavy (non-hydrogen) atoms. The number of anilines is 1. The predicted octanol–water partition coefficient (Wildman–Crippen LogP) is 5.59. The van der Waals surface area contributed by atoms with Gasteiger partial charge in [-0.25, -0.2) is 9.78 Å². The summed E-state index contributed by atoms with van der Waals surface area (Å²) in [4.78, 5) is 29.3. The number of carbonyl (C=O) groups excluding carboxylic acids is 1. The number of carbonyl (C=O) groups is 1. The minimum atomic E-state index is -0.815. The van der Waals surface area contributed by atoms with Gasteiger partial charge >= 0.3 is 5.97 Å². The number of halogens is 1. The van der Waals surface area contributed by atoms with Crippen LogP contribution in [-0.2, 0) is 9.53 Å². The molecule has 0 saturated heterocycles. The van der Waals surface area contributed by atoms with E-state index >= 15 is 0 Å². The summed E-state index contributed by atoms with van der Waals surface area (Å²) in [7, 11) is 0. The van der Waals surface area contributed by atoms with E-state index in [0.717, 1.165) is 11.1 Å². The maximum absolute atomic E-state index is 13.4. The van der Waals surface area contributed by atoms with Crippen molar-refractivity contribution >= 4 is 45.9 Å². The lowest BCUT2D eigenvalue weighted by Crippen LogP contribution is -2.29. The number of fused-ring (bicyclic) bond motifs is 3. The van der Waals surface area contributed by atoms with E-state index in [0.29, 0.717) is 22.7 Å². The average molecular weight is 475 g/mol. The van der Waals surface area contributed by atoms with E-state index in [4.69, 9.17) is 21.3 Å². The van der Waals surface area contributed by atoms with Gasteiger partial charge in [-0.3, -0.25) is 14.7 Å². The van der Waals surface area contributed by atoms with Crippen molar-refractivity contribution in [1.82, 2.24) is 9.55 Å². The van der Waals surface area contributed by atoms with Crippen molar-refractivity contribution in [2.75, 3.05) is 11.9 Å². The Hall–Kier alpha value is -4.17. The first kappa shape index (κ1) is 21.7. The van der Waals surface area contributed by atoms with Crippen LogP contribution in [0.15, 0.2) is 78.4 Å². The van der Waals surface area contributed by atoms with Gasteiger partial charge < -0.3 is 10.1 Å². The molecule has 4 aromatic rings. The number of benzene rings is 3. The number of nitro groups is 1. The number of nitrogens with one attached hydrogen (secondary N) is 1. The molecule has 1 aliphatic rings. The van der Waals surface area contributed by atoms with Gasteiger partial charge in [0.1, 0.15) is 0 Å². The molecule has 9 heteroatoms. The van der Waals surface area contributed by atoms with Gasteiger partial charge in [0.15, 0.2) is 0 Å². The number of hydrogen-bond donors (Lipinski definition) is 1. The van der Waals surface area contributed by atoms with E-state index in [1.165, 1.54) is 18.2 Å². The lowest BCUT2D eigenvalue weighted by molar-refractivity contribution is -0.384. The summed E-state index contributed by atoms with van der Waals surface area (Å²) in [5.74, 6) is -0.0643. The molecular formula is C25H19ClN4O4. The lowest BCUT2D eigenvalue weighted by Gasteiger charge is -2.31. The summed E-state index contributed by atoms with van der Waals surface area (Å²) >= 11 is 6.61. The zero-order chi connectivity index (χ0) is 23.8. The molecule has 0 bridgehead atoms. The van der Waals surface area contributed by atoms with Gasteiger partial charge in [0.2, 0.25) is 5.95 Å². The Balaban J connectivity index is 1.87. The first-order chi connectivity index (χ1) is 16.5. The normalized spacial score (nSPS) is 15.1. The maximum atomic E-state index is 13.4. The molecule has 0 aliphatic carbocycles. The molecule has 5 rings (SSSR count). The number of aromatic nitrogens is 2. The fourth-order valence-corrected chi connectivity index (χ4v) is 4.46. The number of para-hydroxylation sites is 2. The second-order valence-corrected chi connectivity index (χ2v) is 8.07. The molecule has 0 fully saturated rings. The van der Waals surface area contributed by atoms with E-state index in [2.05, 4.69) is 5.32 Å². The predicted molar refractivity (Wildman–Crippen MR) is 130 cm³/mol. The fourth-order valence-electron chi connectivity index (χ4n) is 4.24. The third-order valence-electron chi connectivity index (χ3n) is 5.68. The molecule has 2 heterocycles. The molecule has 170 valence electrons. The number of rotatable bonds is 5. The highest BCUT2D eigenvalue weighted by molar-refractivity contribution is 6.31. The van der Waals surface area contributed by atoms with Crippen molar-refractivity contribution in [1.29, 1.82) is 0 Å². The van der Waals surface area contributed by atoms with Gasteiger partial charge in [0.25, 0.3) is 5.69 Å². The van der Waals surface area contributed by atoms with Crippen molar-refractivity contribution in [3.8, 4) is 0 Å². The van der Waals surface area contributed by atoms with E-state index < -0.39 is 16.9 Å². The van der Waals surface area contributed by atoms with E-state index in [-0.39, 0.29) is 22.9 Å². The van der Waals surface area contributed by atoms with Crippen LogP contribution in [0.2, 0.25) is 5.02 Å². The highest BCUT2D eigenvalue weighted by Crippen LogP contribution is 2.44. The molecular weight excluding hydrogens is 456 g/mol. The molecule has 0 amide bonds. The summed E-state index contributed by atoms with van der Waals surface area (Å²) in [6.45, 7) is 1.89. The van der Waals surface area contributed by atoms with Crippen molar-refractivity contribution in [2.24, 2.45) is 0 Å². The second-order valence-electron chi connectivity index (χ2n) is 7.66. The van der Waals surface area contributed by atoms with Gasteiger partial charge in [-0.2, -0.15) is 0 Å². The first-order valence-corrected chi connectivity index (χ1v) is 11.0. The molecule has 1 N–H and O–H groups in total. The minimum absolute atomic E-state index is 0.131. The first-order valence-electron chi connectivity index (χ1n) is 10.6.